The van der Waals surface area contributed by atoms with Gasteiger partial charge < -0.3 is 14.7 Å². The summed E-state index contributed by atoms with van der Waals surface area (Å²) in [5, 5.41) is 10.0. The maximum Gasteiger partial charge on any atom is 0.311 e. The number of ether oxygens (including phenoxy) is 1. The predicted molar refractivity (Wildman–Crippen MR) is 95.4 cm³/mol. The number of methoxy groups -OCH3 is 1. The number of carboxylic acids is 1. The lowest BCUT2D eigenvalue weighted by Crippen LogP contribution is -2.41. The van der Waals surface area contributed by atoms with Crippen LogP contribution in [0.15, 0.2) is 18.2 Å². The van der Waals surface area contributed by atoms with E-state index in [1.807, 2.05) is 25.1 Å². The van der Waals surface area contributed by atoms with Gasteiger partial charge in [-0.05, 0) is 38.4 Å². The van der Waals surface area contributed by atoms with E-state index >= 15 is 0 Å². The second kappa shape index (κ2) is 7.81. The Kier molecular flexibility index (Phi) is 5.71. The SMILES string of the molecule is COCCN1CCC[C@]2(C(=O)O)CN(Cc3cccc(C)n3)C[C@@H]2C1. The zero-order valence-electron chi connectivity index (χ0n) is 15.3. The Morgan fingerprint density at radius 3 is 2.92 bits per heavy atom. The summed E-state index contributed by atoms with van der Waals surface area (Å²) in [7, 11) is 1.71. The molecule has 0 spiro atoms. The van der Waals surface area contributed by atoms with Crippen LogP contribution in [-0.2, 0) is 16.1 Å². The van der Waals surface area contributed by atoms with Gasteiger partial charge in [0.05, 0.1) is 17.7 Å². The normalized spacial score (nSPS) is 27.8. The summed E-state index contributed by atoms with van der Waals surface area (Å²) in [6.45, 7) is 7.55. The first-order valence-corrected chi connectivity index (χ1v) is 9.13. The van der Waals surface area contributed by atoms with Gasteiger partial charge in [0, 0.05) is 51.4 Å². The van der Waals surface area contributed by atoms with Crippen molar-refractivity contribution in [2.45, 2.75) is 26.3 Å². The Hall–Kier alpha value is -1.50. The summed E-state index contributed by atoms with van der Waals surface area (Å²) in [4.78, 5) is 21.4. The van der Waals surface area contributed by atoms with Crippen molar-refractivity contribution in [3.05, 3.63) is 29.6 Å². The third-order valence-corrected chi connectivity index (χ3v) is 5.71. The number of aryl methyl sites for hydroxylation is 1. The molecule has 2 fully saturated rings. The molecule has 0 saturated carbocycles. The fourth-order valence-corrected chi connectivity index (χ4v) is 4.43. The minimum absolute atomic E-state index is 0.161. The number of carbonyl (C=O) groups is 1. The molecule has 1 N–H and O–H groups in total. The molecule has 0 radical (unpaired) electrons. The van der Waals surface area contributed by atoms with Crippen molar-refractivity contribution in [3.63, 3.8) is 0 Å². The van der Waals surface area contributed by atoms with Crippen LogP contribution in [0.1, 0.15) is 24.2 Å². The summed E-state index contributed by atoms with van der Waals surface area (Å²) in [6, 6.07) is 6.04. The maximum atomic E-state index is 12.2. The third kappa shape index (κ3) is 4.02. The summed E-state index contributed by atoms with van der Waals surface area (Å²) in [6.07, 6.45) is 1.69. The van der Waals surface area contributed by atoms with Crippen LogP contribution in [0.4, 0.5) is 0 Å². The van der Waals surface area contributed by atoms with E-state index in [0.717, 1.165) is 57.0 Å². The van der Waals surface area contributed by atoms with Crippen LogP contribution < -0.4 is 0 Å². The molecule has 2 atom stereocenters. The van der Waals surface area contributed by atoms with Crippen molar-refractivity contribution >= 4 is 5.97 Å². The largest absolute Gasteiger partial charge is 0.481 e. The molecule has 2 aliphatic heterocycles. The van der Waals surface area contributed by atoms with E-state index in [4.69, 9.17) is 4.74 Å². The van der Waals surface area contributed by atoms with Gasteiger partial charge in [-0.1, -0.05) is 6.07 Å². The third-order valence-electron chi connectivity index (χ3n) is 5.71. The number of fused-ring (bicyclic) bond motifs is 1. The van der Waals surface area contributed by atoms with Crippen molar-refractivity contribution in [2.75, 3.05) is 46.4 Å². The van der Waals surface area contributed by atoms with E-state index < -0.39 is 11.4 Å². The van der Waals surface area contributed by atoms with Gasteiger partial charge in [0.15, 0.2) is 0 Å². The molecule has 1 aromatic rings. The van der Waals surface area contributed by atoms with Gasteiger partial charge in [-0.25, -0.2) is 0 Å². The molecule has 3 heterocycles. The topological polar surface area (TPSA) is 65.9 Å². The van der Waals surface area contributed by atoms with Crippen LogP contribution in [0.2, 0.25) is 0 Å². The van der Waals surface area contributed by atoms with Crippen LogP contribution in [0.5, 0.6) is 0 Å². The second-order valence-electron chi connectivity index (χ2n) is 7.50. The lowest BCUT2D eigenvalue weighted by Gasteiger charge is -2.29. The summed E-state index contributed by atoms with van der Waals surface area (Å²) < 4.78 is 5.20. The number of nitrogens with zero attached hydrogens (tertiary/aromatic N) is 3. The van der Waals surface area contributed by atoms with Gasteiger partial charge in [-0.3, -0.25) is 14.7 Å². The molecule has 0 aromatic carbocycles. The lowest BCUT2D eigenvalue weighted by atomic mass is 9.75. The first kappa shape index (κ1) is 18.3. The molecule has 25 heavy (non-hydrogen) atoms. The molecule has 0 aliphatic carbocycles. The minimum Gasteiger partial charge on any atom is -0.481 e. The van der Waals surface area contributed by atoms with E-state index in [9.17, 15) is 9.90 Å². The monoisotopic (exact) mass is 347 g/mol. The first-order chi connectivity index (χ1) is 12.0. The number of likely N-dealkylation sites (tertiary alicyclic amines) is 2. The van der Waals surface area contributed by atoms with Gasteiger partial charge >= 0.3 is 5.97 Å². The molecule has 6 nitrogen and oxygen atoms in total. The van der Waals surface area contributed by atoms with E-state index in [0.29, 0.717) is 13.2 Å². The van der Waals surface area contributed by atoms with Crippen LogP contribution in [0.3, 0.4) is 0 Å². The Balaban J connectivity index is 1.73. The highest BCUT2D eigenvalue weighted by atomic mass is 16.5. The fourth-order valence-electron chi connectivity index (χ4n) is 4.43. The highest BCUT2D eigenvalue weighted by Gasteiger charge is 2.53. The molecule has 1 aromatic heterocycles. The van der Waals surface area contributed by atoms with Crippen molar-refractivity contribution < 1.29 is 14.6 Å². The lowest BCUT2D eigenvalue weighted by molar-refractivity contribution is -0.151. The number of pyridine rings is 1. The fraction of sp³-hybridized carbons (Fsp3) is 0.684. The predicted octanol–water partition coefficient (Wildman–Crippen LogP) is 1.64. The number of rotatable bonds is 6. The smallest absolute Gasteiger partial charge is 0.311 e. The van der Waals surface area contributed by atoms with E-state index in [2.05, 4.69) is 14.8 Å². The molecule has 2 aliphatic rings. The van der Waals surface area contributed by atoms with E-state index in [1.54, 1.807) is 7.11 Å². The molecule has 0 unspecified atom stereocenters. The number of hydrogen-bond donors (Lipinski definition) is 1. The van der Waals surface area contributed by atoms with Gasteiger partial charge in [0.1, 0.15) is 0 Å². The molecular formula is C19H29N3O3. The Morgan fingerprint density at radius 1 is 1.40 bits per heavy atom. The number of carboxylic acid groups (broad SMARTS) is 1. The highest BCUT2D eigenvalue weighted by molar-refractivity contribution is 5.76. The number of hydrogen-bond acceptors (Lipinski definition) is 5. The number of aliphatic carboxylic acids is 1. The average Bonchev–Trinajstić information content (AvgIpc) is 2.81. The maximum absolute atomic E-state index is 12.2. The van der Waals surface area contributed by atoms with Crippen molar-refractivity contribution in [3.8, 4) is 0 Å². The first-order valence-electron chi connectivity index (χ1n) is 9.13. The Labute approximate surface area is 149 Å². The molecule has 3 rings (SSSR count). The summed E-state index contributed by atoms with van der Waals surface area (Å²) in [5.74, 6) is -0.472. The highest BCUT2D eigenvalue weighted by Crippen LogP contribution is 2.43. The second-order valence-corrected chi connectivity index (χ2v) is 7.50. The molecule has 6 heteroatoms. The van der Waals surface area contributed by atoms with Gasteiger partial charge in [-0.2, -0.15) is 0 Å². The standard InChI is InChI=1S/C19H29N3O3/c1-15-5-3-6-17(20-15)13-22-12-16-11-21(9-10-25-2)8-4-7-19(16,14-22)18(23)24/h3,5-6,16H,4,7-14H2,1-2H3,(H,23,24)/t16-,19-/m0/s1. The minimum atomic E-state index is -0.634. The zero-order chi connectivity index (χ0) is 17.9. The van der Waals surface area contributed by atoms with E-state index in [1.165, 1.54) is 0 Å². The molecule has 0 amide bonds. The Morgan fingerprint density at radius 2 is 2.20 bits per heavy atom. The average molecular weight is 347 g/mol. The molecule has 138 valence electrons. The van der Waals surface area contributed by atoms with Crippen LogP contribution in [0.25, 0.3) is 0 Å². The van der Waals surface area contributed by atoms with Gasteiger partial charge in [-0.15, -0.1) is 0 Å². The van der Waals surface area contributed by atoms with Crippen molar-refractivity contribution in [1.82, 2.24) is 14.8 Å². The van der Waals surface area contributed by atoms with Gasteiger partial charge in [0.2, 0.25) is 0 Å². The van der Waals surface area contributed by atoms with Crippen molar-refractivity contribution in [2.24, 2.45) is 11.3 Å². The zero-order valence-corrected chi connectivity index (χ0v) is 15.3. The van der Waals surface area contributed by atoms with E-state index in [-0.39, 0.29) is 5.92 Å². The molecular weight excluding hydrogens is 318 g/mol. The van der Waals surface area contributed by atoms with Crippen LogP contribution in [-0.4, -0.2) is 72.3 Å². The Bertz CT molecular complexity index is 609. The van der Waals surface area contributed by atoms with Crippen LogP contribution >= 0.6 is 0 Å². The summed E-state index contributed by atoms with van der Waals surface area (Å²) >= 11 is 0. The van der Waals surface area contributed by atoms with Gasteiger partial charge in [0.25, 0.3) is 0 Å². The molecule has 0 bridgehead atoms. The van der Waals surface area contributed by atoms with Crippen LogP contribution in [0, 0.1) is 18.3 Å². The quantitative estimate of drug-likeness (QED) is 0.844. The van der Waals surface area contributed by atoms with Crippen molar-refractivity contribution in [1.29, 1.82) is 0 Å². The number of aromatic nitrogens is 1. The molecule has 2 saturated heterocycles. The summed E-state index contributed by atoms with van der Waals surface area (Å²) in [5.41, 5.74) is 1.41.